The van der Waals surface area contributed by atoms with E-state index < -0.39 is 5.60 Å². The van der Waals surface area contributed by atoms with Crippen molar-refractivity contribution in [3.05, 3.63) is 24.5 Å². The SMILES string of the molecule is C=C(Cn1cc(OC)cn1)[C@H]1CC[C@H]2[C@@H]3CC[C@@H]4C[C@](C)(O)CC[C@]4(C)[C@H]3CC[C@]12C. The monoisotopic (exact) mass is 426 g/mol. The number of allylic oxidation sites excluding steroid dienone is 1. The van der Waals surface area contributed by atoms with Crippen LogP contribution in [0.25, 0.3) is 0 Å². The Morgan fingerprint density at radius 1 is 1.10 bits per heavy atom. The van der Waals surface area contributed by atoms with E-state index in [4.69, 9.17) is 4.74 Å². The van der Waals surface area contributed by atoms with Crippen molar-refractivity contribution in [1.82, 2.24) is 9.78 Å². The molecule has 8 atom stereocenters. The Labute approximate surface area is 188 Å². The van der Waals surface area contributed by atoms with Gasteiger partial charge < -0.3 is 9.84 Å². The summed E-state index contributed by atoms with van der Waals surface area (Å²) < 4.78 is 7.29. The van der Waals surface area contributed by atoms with Crippen molar-refractivity contribution in [2.45, 2.75) is 90.7 Å². The average Bonchev–Trinajstić information content (AvgIpc) is 3.31. The molecule has 172 valence electrons. The highest BCUT2D eigenvalue weighted by Gasteiger charge is 2.61. The predicted octanol–water partition coefficient (Wildman–Crippen LogP) is 5.86. The molecular formula is C27H42N2O2. The van der Waals surface area contributed by atoms with Gasteiger partial charge in [-0.2, -0.15) is 5.10 Å². The number of hydrogen-bond acceptors (Lipinski definition) is 3. The molecule has 0 aromatic carbocycles. The van der Waals surface area contributed by atoms with Crippen molar-refractivity contribution in [2.24, 2.45) is 40.4 Å². The lowest BCUT2D eigenvalue weighted by atomic mass is 9.44. The van der Waals surface area contributed by atoms with E-state index in [0.717, 1.165) is 42.9 Å². The molecule has 4 aliphatic rings. The molecule has 1 aromatic rings. The van der Waals surface area contributed by atoms with E-state index in [-0.39, 0.29) is 0 Å². The Morgan fingerprint density at radius 2 is 1.87 bits per heavy atom. The lowest BCUT2D eigenvalue weighted by Crippen LogP contribution is -2.55. The van der Waals surface area contributed by atoms with Gasteiger partial charge in [-0.1, -0.05) is 26.0 Å². The summed E-state index contributed by atoms with van der Waals surface area (Å²) in [6, 6.07) is 0. The van der Waals surface area contributed by atoms with Crippen LogP contribution in [0.5, 0.6) is 5.75 Å². The van der Waals surface area contributed by atoms with Gasteiger partial charge in [0.05, 0.1) is 31.6 Å². The molecule has 4 aliphatic carbocycles. The van der Waals surface area contributed by atoms with Crippen molar-refractivity contribution < 1.29 is 9.84 Å². The number of rotatable bonds is 4. The maximum atomic E-state index is 10.7. The van der Waals surface area contributed by atoms with Crippen LogP contribution in [0.2, 0.25) is 0 Å². The second kappa shape index (κ2) is 7.37. The highest BCUT2D eigenvalue weighted by atomic mass is 16.5. The molecule has 0 spiro atoms. The van der Waals surface area contributed by atoms with Crippen LogP contribution in [-0.2, 0) is 6.54 Å². The van der Waals surface area contributed by atoms with Gasteiger partial charge in [0.2, 0.25) is 0 Å². The Kier molecular flexibility index (Phi) is 5.12. The minimum Gasteiger partial charge on any atom is -0.493 e. The van der Waals surface area contributed by atoms with Crippen LogP contribution in [0.1, 0.15) is 78.6 Å². The Bertz CT molecular complexity index is 844. The van der Waals surface area contributed by atoms with Gasteiger partial charge in [0.15, 0.2) is 5.75 Å². The van der Waals surface area contributed by atoms with E-state index in [1.807, 2.05) is 10.9 Å². The van der Waals surface area contributed by atoms with Crippen molar-refractivity contribution in [2.75, 3.05) is 7.11 Å². The number of nitrogens with zero attached hydrogens (tertiary/aromatic N) is 2. The second-order valence-electron chi connectivity index (χ2n) is 12.3. The number of aliphatic hydroxyl groups is 1. The second-order valence-corrected chi connectivity index (χ2v) is 12.3. The summed E-state index contributed by atoms with van der Waals surface area (Å²) in [5.41, 5.74) is 1.74. The van der Waals surface area contributed by atoms with Crippen LogP contribution in [-0.4, -0.2) is 27.6 Å². The smallest absolute Gasteiger partial charge is 0.156 e. The van der Waals surface area contributed by atoms with E-state index in [1.165, 1.54) is 50.5 Å². The van der Waals surface area contributed by atoms with E-state index in [2.05, 4.69) is 32.4 Å². The Morgan fingerprint density at radius 3 is 2.61 bits per heavy atom. The zero-order valence-electron chi connectivity index (χ0n) is 20.1. The van der Waals surface area contributed by atoms with Gasteiger partial charge in [-0.25, -0.2) is 0 Å². The van der Waals surface area contributed by atoms with Gasteiger partial charge >= 0.3 is 0 Å². The van der Waals surface area contributed by atoms with Crippen molar-refractivity contribution in [3.63, 3.8) is 0 Å². The maximum Gasteiger partial charge on any atom is 0.156 e. The van der Waals surface area contributed by atoms with Gasteiger partial charge in [-0.3, -0.25) is 4.68 Å². The van der Waals surface area contributed by atoms with Crippen LogP contribution in [0.4, 0.5) is 0 Å². The van der Waals surface area contributed by atoms with E-state index in [0.29, 0.717) is 22.7 Å². The van der Waals surface area contributed by atoms with Crippen LogP contribution in [0, 0.1) is 40.4 Å². The molecule has 0 radical (unpaired) electrons. The topological polar surface area (TPSA) is 47.3 Å². The van der Waals surface area contributed by atoms with Crippen molar-refractivity contribution >= 4 is 0 Å². The predicted molar refractivity (Wildman–Crippen MR) is 124 cm³/mol. The number of aromatic nitrogens is 2. The van der Waals surface area contributed by atoms with Crippen LogP contribution in [0.15, 0.2) is 24.5 Å². The largest absolute Gasteiger partial charge is 0.493 e. The maximum absolute atomic E-state index is 10.7. The van der Waals surface area contributed by atoms with E-state index in [9.17, 15) is 5.11 Å². The first-order chi connectivity index (χ1) is 14.7. The summed E-state index contributed by atoms with van der Waals surface area (Å²) >= 11 is 0. The third-order valence-corrected chi connectivity index (χ3v) is 10.7. The first kappa shape index (κ1) is 21.6. The first-order valence-corrected chi connectivity index (χ1v) is 12.6. The molecule has 1 aromatic heterocycles. The number of hydrogen-bond donors (Lipinski definition) is 1. The molecule has 5 rings (SSSR count). The molecule has 4 saturated carbocycles. The quantitative estimate of drug-likeness (QED) is 0.614. The highest BCUT2D eigenvalue weighted by Crippen LogP contribution is 2.68. The van der Waals surface area contributed by atoms with Gasteiger partial charge in [0, 0.05) is 0 Å². The molecule has 4 nitrogen and oxygen atoms in total. The van der Waals surface area contributed by atoms with Crippen LogP contribution < -0.4 is 4.74 Å². The molecule has 4 heteroatoms. The minimum atomic E-state index is -0.439. The molecule has 1 heterocycles. The van der Waals surface area contributed by atoms with Crippen LogP contribution >= 0.6 is 0 Å². The highest BCUT2D eigenvalue weighted by molar-refractivity contribution is 5.18. The summed E-state index contributed by atoms with van der Waals surface area (Å²) in [5, 5.41) is 15.2. The third kappa shape index (κ3) is 3.39. The lowest BCUT2D eigenvalue weighted by molar-refractivity contribution is -0.145. The third-order valence-electron chi connectivity index (χ3n) is 10.7. The summed E-state index contributed by atoms with van der Waals surface area (Å²) in [6.07, 6.45) is 15.0. The first-order valence-electron chi connectivity index (χ1n) is 12.6. The van der Waals surface area contributed by atoms with Crippen molar-refractivity contribution in [1.29, 1.82) is 0 Å². The fraction of sp³-hybridized carbons (Fsp3) is 0.815. The fourth-order valence-electron chi connectivity index (χ4n) is 8.96. The molecule has 0 amide bonds. The standard InChI is InChI=1S/C27H42N2O2/c1-18(16-29-17-20(31-5)15-28-29)22-8-9-23-21-7-6-19-14-25(2,30)12-13-26(19,3)24(21)10-11-27(22,23)4/h15,17,19,21-24,30H,1,6-14,16H2,2-5H3/t19-,21+,22-,23+,24+,25-,26+,27-/m1/s1. The summed E-state index contributed by atoms with van der Waals surface area (Å²) in [6.45, 7) is 12.6. The molecule has 0 bridgehead atoms. The van der Waals surface area contributed by atoms with Gasteiger partial charge in [0.25, 0.3) is 0 Å². The zero-order chi connectivity index (χ0) is 22.0. The van der Waals surface area contributed by atoms with Gasteiger partial charge in [-0.15, -0.1) is 0 Å². The zero-order valence-corrected chi connectivity index (χ0v) is 20.1. The lowest BCUT2D eigenvalue weighted by Gasteiger charge is -2.62. The number of methoxy groups -OCH3 is 1. The van der Waals surface area contributed by atoms with Gasteiger partial charge in [-0.05, 0) is 105 Å². The summed E-state index contributed by atoms with van der Waals surface area (Å²) in [4.78, 5) is 0. The number of ether oxygens (including phenoxy) is 1. The Hall–Kier alpha value is -1.29. The molecule has 0 saturated heterocycles. The summed E-state index contributed by atoms with van der Waals surface area (Å²) in [5.74, 6) is 4.68. The van der Waals surface area contributed by atoms with Gasteiger partial charge in [0.1, 0.15) is 0 Å². The normalized spacial score (nSPS) is 46.7. The number of fused-ring (bicyclic) bond motifs is 5. The molecular weight excluding hydrogens is 384 g/mol. The van der Waals surface area contributed by atoms with E-state index in [1.54, 1.807) is 13.3 Å². The fourth-order valence-corrected chi connectivity index (χ4v) is 8.96. The molecule has 1 N–H and O–H groups in total. The average molecular weight is 427 g/mol. The van der Waals surface area contributed by atoms with E-state index >= 15 is 0 Å². The molecule has 31 heavy (non-hydrogen) atoms. The minimum absolute atomic E-state index is 0.388. The van der Waals surface area contributed by atoms with Crippen molar-refractivity contribution in [3.8, 4) is 5.75 Å². The Balaban J connectivity index is 1.33. The molecule has 0 unspecified atom stereocenters. The summed E-state index contributed by atoms with van der Waals surface area (Å²) in [7, 11) is 1.69. The van der Waals surface area contributed by atoms with Crippen LogP contribution in [0.3, 0.4) is 0 Å². The molecule has 4 fully saturated rings. The molecule has 0 aliphatic heterocycles.